The molecule has 1 aliphatic rings. The van der Waals surface area contributed by atoms with E-state index in [9.17, 15) is 4.79 Å². The van der Waals surface area contributed by atoms with Gasteiger partial charge >= 0.3 is 5.97 Å². The monoisotopic (exact) mass is 313 g/mol. The first kappa shape index (κ1) is 15.1. The molecular formula is C16H19N5O2. The number of nitrogen functional groups attached to an aromatic ring is 1. The third-order valence-corrected chi connectivity index (χ3v) is 3.97. The Morgan fingerprint density at radius 1 is 1.13 bits per heavy atom. The van der Waals surface area contributed by atoms with Crippen molar-refractivity contribution < 1.29 is 9.90 Å². The van der Waals surface area contributed by atoms with Crippen molar-refractivity contribution in [1.29, 1.82) is 0 Å². The second-order valence-electron chi connectivity index (χ2n) is 5.62. The maximum absolute atomic E-state index is 10.9. The lowest BCUT2D eigenvalue weighted by molar-refractivity contribution is 0.0697. The molecule has 7 heteroatoms. The van der Waals surface area contributed by atoms with Crippen LogP contribution < -0.4 is 16.4 Å². The number of nitrogens with one attached hydrogen (secondary N) is 2. The molecule has 0 saturated heterocycles. The van der Waals surface area contributed by atoms with Gasteiger partial charge in [0, 0.05) is 11.7 Å². The van der Waals surface area contributed by atoms with Crippen LogP contribution in [0.15, 0.2) is 30.6 Å². The molecule has 3 rings (SSSR count). The number of carbonyl (C=O) groups is 1. The number of aromatic nitrogens is 2. The van der Waals surface area contributed by atoms with Crippen LogP contribution in [0.5, 0.6) is 0 Å². The van der Waals surface area contributed by atoms with E-state index in [1.165, 1.54) is 31.3 Å². The Morgan fingerprint density at radius 3 is 2.43 bits per heavy atom. The molecule has 1 saturated carbocycles. The summed E-state index contributed by atoms with van der Waals surface area (Å²) in [5.74, 6) is 0.182. The minimum Gasteiger partial charge on any atom is -0.478 e. The number of hydrogen-bond acceptors (Lipinski definition) is 6. The van der Waals surface area contributed by atoms with E-state index in [1.54, 1.807) is 12.1 Å². The van der Waals surface area contributed by atoms with Crippen LogP contribution >= 0.6 is 0 Å². The lowest BCUT2D eigenvalue weighted by Crippen LogP contribution is -2.17. The molecule has 2 aromatic rings. The maximum Gasteiger partial charge on any atom is 0.335 e. The molecule has 1 heterocycles. The molecule has 0 spiro atoms. The second kappa shape index (κ2) is 6.51. The molecule has 0 atom stereocenters. The van der Waals surface area contributed by atoms with E-state index < -0.39 is 5.97 Å². The minimum atomic E-state index is -0.957. The Bertz CT molecular complexity index is 696. The number of hydrogen-bond donors (Lipinski definition) is 4. The highest BCUT2D eigenvalue weighted by Gasteiger charge is 2.17. The zero-order valence-corrected chi connectivity index (χ0v) is 12.6. The van der Waals surface area contributed by atoms with Gasteiger partial charge in [-0.25, -0.2) is 14.8 Å². The number of aromatic carboxylic acids is 1. The SMILES string of the molecule is Nc1c(Nc2ccc(C(=O)O)cc2)ncnc1NC1CCCC1. The molecule has 1 aromatic heterocycles. The molecule has 1 fully saturated rings. The highest BCUT2D eigenvalue weighted by Crippen LogP contribution is 2.29. The standard InChI is InChI=1S/C16H19N5O2/c17-13-14(20-11-3-1-2-4-11)18-9-19-15(13)21-12-7-5-10(6-8-12)16(22)23/h5-9,11H,1-4,17H2,(H,22,23)(H2,18,19,20,21). The van der Waals surface area contributed by atoms with Crippen LogP contribution in [0, 0.1) is 0 Å². The average molecular weight is 313 g/mol. The molecule has 0 unspecified atom stereocenters. The van der Waals surface area contributed by atoms with Gasteiger partial charge < -0.3 is 21.5 Å². The van der Waals surface area contributed by atoms with Crippen LogP contribution in [0.1, 0.15) is 36.0 Å². The highest BCUT2D eigenvalue weighted by molar-refractivity contribution is 5.88. The number of anilines is 4. The fraction of sp³-hybridized carbons (Fsp3) is 0.312. The molecule has 0 aliphatic heterocycles. The van der Waals surface area contributed by atoms with Gasteiger partial charge in [-0.1, -0.05) is 12.8 Å². The number of rotatable bonds is 5. The summed E-state index contributed by atoms with van der Waals surface area (Å²) in [4.78, 5) is 19.2. The lowest BCUT2D eigenvalue weighted by atomic mass is 10.2. The Labute approximate surface area is 134 Å². The average Bonchev–Trinajstić information content (AvgIpc) is 3.05. The summed E-state index contributed by atoms with van der Waals surface area (Å²) in [6, 6.07) is 6.82. The topological polar surface area (TPSA) is 113 Å². The van der Waals surface area contributed by atoms with Crippen molar-refractivity contribution in [1.82, 2.24) is 9.97 Å². The van der Waals surface area contributed by atoms with E-state index in [2.05, 4.69) is 20.6 Å². The summed E-state index contributed by atoms with van der Waals surface area (Å²) in [5.41, 5.74) is 7.55. The summed E-state index contributed by atoms with van der Waals surface area (Å²) in [6.07, 6.45) is 6.17. The third-order valence-electron chi connectivity index (χ3n) is 3.97. The first-order valence-electron chi connectivity index (χ1n) is 7.61. The smallest absolute Gasteiger partial charge is 0.335 e. The van der Waals surface area contributed by atoms with Gasteiger partial charge in [0.15, 0.2) is 11.6 Å². The molecule has 7 nitrogen and oxygen atoms in total. The van der Waals surface area contributed by atoms with Gasteiger partial charge in [-0.15, -0.1) is 0 Å². The molecule has 0 amide bonds. The zero-order valence-electron chi connectivity index (χ0n) is 12.6. The fourth-order valence-electron chi connectivity index (χ4n) is 2.71. The van der Waals surface area contributed by atoms with E-state index in [0.717, 1.165) is 12.8 Å². The van der Waals surface area contributed by atoms with Crippen LogP contribution in [0.25, 0.3) is 0 Å². The number of carboxylic acids is 1. The van der Waals surface area contributed by atoms with Gasteiger partial charge in [-0.2, -0.15) is 0 Å². The molecular weight excluding hydrogens is 294 g/mol. The second-order valence-corrected chi connectivity index (χ2v) is 5.62. The van der Waals surface area contributed by atoms with Crippen LogP contribution in [-0.2, 0) is 0 Å². The number of benzene rings is 1. The van der Waals surface area contributed by atoms with Gasteiger partial charge in [0.2, 0.25) is 0 Å². The van der Waals surface area contributed by atoms with Crippen molar-refractivity contribution in [2.45, 2.75) is 31.7 Å². The molecule has 120 valence electrons. The predicted octanol–water partition coefficient (Wildman–Crippen LogP) is 2.86. The van der Waals surface area contributed by atoms with Gasteiger partial charge in [0.05, 0.1) is 5.56 Å². The summed E-state index contributed by atoms with van der Waals surface area (Å²) in [6.45, 7) is 0. The number of nitrogens with zero attached hydrogens (tertiary/aromatic N) is 2. The van der Waals surface area contributed by atoms with Crippen molar-refractivity contribution in [3.63, 3.8) is 0 Å². The van der Waals surface area contributed by atoms with E-state index >= 15 is 0 Å². The molecule has 1 aromatic carbocycles. The van der Waals surface area contributed by atoms with Crippen LogP contribution in [-0.4, -0.2) is 27.1 Å². The van der Waals surface area contributed by atoms with Crippen molar-refractivity contribution in [2.75, 3.05) is 16.4 Å². The summed E-state index contributed by atoms with van der Waals surface area (Å²) < 4.78 is 0. The first-order valence-corrected chi connectivity index (χ1v) is 7.61. The summed E-state index contributed by atoms with van der Waals surface area (Å²) in [5, 5.41) is 15.4. The van der Waals surface area contributed by atoms with Gasteiger partial charge in [0.25, 0.3) is 0 Å². The van der Waals surface area contributed by atoms with Crippen molar-refractivity contribution in [3.8, 4) is 0 Å². The zero-order chi connectivity index (χ0) is 16.2. The maximum atomic E-state index is 10.9. The Balaban J connectivity index is 1.75. The van der Waals surface area contributed by atoms with Crippen LogP contribution in [0.4, 0.5) is 23.0 Å². The quantitative estimate of drug-likeness (QED) is 0.671. The molecule has 23 heavy (non-hydrogen) atoms. The van der Waals surface area contributed by atoms with E-state index in [4.69, 9.17) is 10.8 Å². The van der Waals surface area contributed by atoms with Crippen LogP contribution in [0.2, 0.25) is 0 Å². The normalized spacial score (nSPS) is 14.6. The number of nitrogens with two attached hydrogens (primary N) is 1. The Morgan fingerprint density at radius 2 is 1.78 bits per heavy atom. The third kappa shape index (κ3) is 3.50. The van der Waals surface area contributed by atoms with Gasteiger partial charge in [-0.3, -0.25) is 0 Å². The van der Waals surface area contributed by atoms with E-state index in [-0.39, 0.29) is 5.56 Å². The first-order chi connectivity index (χ1) is 11.1. The lowest BCUT2D eigenvalue weighted by Gasteiger charge is -2.16. The van der Waals surface area contributed by atoms with Crippen LogP contribution in [0.3, 0.4) is 0 Å². The van der Waals surface area contributed by atoms with Gasteiger partial charge in [0.1, 0.15) is 12.0 Å². The van der Waals surface area contributed by atoms with E-state index in [0.29, 0.717) is 29.1 Å². The molecule has 0 bridgehead atoms. The highest BCUT2D eigenvalue weighted by atomic mass is 16.4. The molecule has 1 aliphatic carbocycles. The largest absolute Gasteiger partial charge is 0.478 e. The van der Waals surface area contributed by atoms with Crippen molar-refractivity contribution in [3.05, 3.63) is 36.2 Å². The van der Waals surface area contributed by atoms with Gasteiger partial charge in [-0.05, 0) is 37.1 Å². The fourth-order valence-corrected chi connectivity index (χ4v) is 2.71. The Kier molecular flexibility index (Phi) is 4.27. The van der Waals surface area contributed by atoms with Crippen molar-refractivity contribution >= 4 is 29.0 Å². The summed E-state index contributed by atoms with van der Waals surface area (Å²) in [7, 11) is 0. The molecule has 0 radical (unpaired) electrons. The van der Waals surface area contributed by atoms with E-state index in [1.807, 2.05) is 0 Å². The minimum absolute atomic E-state index is 0.231. The Hall–Kier alpha value is -2.83. The predicted molar refractivity (Wildman–Crippen MR) is 89.0 cm³/mol. The summed E-state index contributed by atoms with van der Waals surface area (Å²) >= 11 is 0. The van der Waals surface area contributed by atoms with Crippen molar-refractivity contribution in [2.24, 2.45) is 0 Å². The molecule has 5 N–H and O–H groups in total. The number of carboxylic acid groups (broad SMARTS) is 1.